The van der Waals surface area contributed by atoms with Crippen LogP contribution < -0.4 is 5.32 Å². The van der Waals surface area contributed by atoms with Gasteiger partial charge in [-0.1, -0.05) is 0 Å². The van der Waals surface area contributed by atoms with E-state index in [1.54, 1.807) is 26.0 Å². The molecule has 0 fully saturated rings. The second-order valence-corrected chi connectivity index (χ2v) is 6.49. The SMILES string of the molecule is Cc1nc(Br)ccc1NC(=O)c1cnn(-c2ccc(C(F)(F)F)cn2)c1C. The number of alkyl halides is 3. The number of aromatic nitrogens is 4. The van der Waals surface area contributed by atoms with Gasteiger partial charge in [0.2, 0.25) is 0 Å². The van der Waals surface area contributed by atoms with Crippen molar-refractivity contribution in [1.82, 2.24) is 19.7 Å². The van der Waals surface area contributed by atoms with E-state index in [2.05, 4.69) is 36.3 Å². The zero-order valence-corrected chi connectivity index (χ0v) is 15.8. The lowest BCUT2D eigenvalue weighted by Gasteiger charge is -2.09. The largest absolute Gasteiger partial charge is 0.417 e. The van der Waals surface area contributed by atoms with Crippen LogP contribution in [0.2, 0.25) is 0 Å². The molecule has 0 aliphatic carbocycles. The summed E-state index contributed by atoms with van der Waals surface area (Å²) in [6.07, 6.45) is -2.40. The van der Waals surface area contributed by atoms with E-state index < -0.39 is 17.6 Å². The van der Waals surface area contributed by atoms with Crippen LogP contribution in [0.1, 0.15) is 27.3 Å². The number of anilines is 1. The van der Waals surface area contributed by atoms with Crippen molar-refractivity contribution in [3.05, 3.63) is 63.8 Å². The molecule has 0 saturated carbocycles. The highest BCUT2D eigenvalue weighted by Gasteiger charge is 2.30. The zero-order valence-electron chi connectivity index (χ0n) is 14.2. The molecule has 0 aromatic carbocycles. The van der Waals surface area contributed by atoms with Gasteiger partial charge in [-0.05, 0) is 54.0 Å². The van der Waals surface area contributed by atoms with Crippen molar-refractivity contribution in [2.75, 3.05) is 5.32 Å². The molecule has 3 aromatic heterocycles. The van der Waals surface area contributed by atoms with Crippen LogP contribution in [0.5, 0.6) is 0 Å². The molecule has 0 spiro atoms. The van der Waals surface area contributed by atoms with Gasteiger partial charge in [0.1, 0.15) is 4.60 Å². The molecular weight excluding hydrogens is 427 g/mol. The molecule has 0 unspecified atom stereocenters. The van der Waals surface area contributed by atoms with E-state index in [0.717, 1.165) is 12.3 Å². The number of nitrogens with zero attached hydrogens (tertiary/aromatic N) is 4. The number of nitrogens with one attached hydrogen (secondary N) is 1. The summed E-state index contributed by atoms with van der Waals surface area (Å²) in [4.78, 5) is 20.5. The molecule has 140 valence electrons. The molecule has 0 aliphatic heterocycles. The highest BCUT2D eigenvalue weighted by molar-refractivity contribution is 9.10. The fourth-order valence-corrected chi connectivity index (χ4v) is 2.79. The first kappa shape index (κ1) is 19.0. The second kappa shape index (κ2) is 7.10. The summed E-state index contributed by atoms with van der Waals surface area (Å²) < 4.78 is 39.9. The van der Waals surface area contributed by atoms with Gasteiger partial charge in [-0.2, -0.15) is 18.3 Å². The summed E-state index contributed by atoms with van der Waals surface area (Å²) in [5.74, 6) is -0.223. The predicted molar refractivity (Wildman–Crippen MR) is 95.7 cm³/mol. The van der Waals surface area contributed by atoms with Gasteiger partial charge in [0.25, 0.3) is 5.91 Å². The second-order valence-electron chi connectivity index (χ2n) is 5.68. The van der Waals surface area contributed by atoms with Gasteiger partial charge in [-0.25, -0.2) is 14.6 Å². The third-order valence-corrected chi connectivity index (χ3v) is 4.29. The lowest BCUT2D eigenvalue weighted by Crippen LogP contribution is -2.14. The van der Waals surface area contributed by atoms with E-state index in [0.29, 0.717) is 21.7 Å². The quantitative estimate of drug-likeness (QED) is 0.617. The smallest absolute Gasteiger partial charge is 0.320 e. The van der Waals surface area contributed by atoms with Crippen LogP contribution in [0.15, 0.2) is 41.3 Å². The van der Waals surface area contributed by atoms with E-state index in [1.807, 2.05) is 0 Å². The highest BCUT2D eigenvalue weighted by atomic mass is 79.9. The van der Waals surface area contributed by atoms with E-state index in [-0.39, 0.29) is 11.4 Å². The first-order valence-electron chi connectivity index (χ1n) is 7.69. The Morgan fingerprint density at radius 2 is 1.89 bits per heavy atom. The number of hydrogen-bond acceptors (Lipinski definition) is 4. The molecule has 3 aromatic rings. The molecule has 3 rings (SSSR count). The average molecular weight is 440 g/mol. The van der Waals surface area contributed by atoms with E-state index >= 15 is 0 Å². The molecule has 1 N–H and O–H groups in total. The van der Waals surface area contributed by atoms with Crippen molar-refractivity contribution in [2.45, 2.75) is 20.0 Å². The van der Waals surface area contributed by atoms with Crippen LogP contribution >= 0.6 is 15.9 Å². The third kappa shape index (κ3) is 4.00. The Morgan fingerprint density at radius 3 is 2.48 bits per heavy atom. The van der Waals surface area contributed by atoms with Gasteiger partial charge < -0.3 is 5.32 Å². The number of amides is 1. The lowest BCUT2D eigenvalue weighted by molar-refractivity contribution is -0.137. The maximum Gasteiger partial charge on any atom is 0.417 e. The van der Waals surface area contributed by atoms with Crippen LogP contribution in [0.25, 0.3) is 5.82 Å². The Balaban J connectivity index is 1.85. The topological polar surface area (TPSA) is 72.7 Å². The van der Waals surface area contributed by atoms with Gasteiger partial charge in [0.15, 0.2) is 5.82 Å². The molecule has 27 heavy (non-hydrogen) atoms. The van der Waals surface area contributed by atoms with Crippen LogP contribution in [0, 0.1) is 13.8 Å². The standard InChI is InChI=1S/C17H13BrF3N5O/c1-9-13(4-5-14(18)24-9)25-16(27)12-8-23-26(10(12)2)15-6-3-11(7-22-15)17(19,20)21/h3-8H,1-2H3,(H,25,27). The molecule has 0 bridgehead atoms. The number of carbonyl (C=O) groups is 1. The Kier molecular flexibility index (Phi) is 5.01. The highest BCUT2D eigenvalue weighted by Crippen LogP contribution is 2.29. The van der Waals surface area contributed by atoms with Gasteiger partial charge in [0, 0.05) is 6.20 Å². The van der Waals surface area contributed by atoms with Crippen LogP contribution in [0.3, 0.4) is 0 Å². The number of carbonyl (C=O) groups excluding carboxylic acids is 1. The van der Waals surface area contributed by atoms with Gasteiger partial charge in [0.05, 0.1) is 34.4 Å². The van der Waals surface area contributed by atoms with Gasteiger partial charge in [-0.3, -0.25) is 4.79 Å². The van der Waals surface area contributed by atoms with Crippen molar-refractivity contribution in [2.24, 2.45) is 0 Å². The number of rotatable bonds is 3. The number of pyridine rings is 2. The summed E-state index contributed by atoms with van der Waals surface area (Å²) >= 11 is 3.25. The maximum atomic E-state index is 12.7. The molecule has 0 atom stereocenters. The van der Waals surface area contributed by atoms with Crippen LogP contribution in [-0.2, 0) is 6.18 Å². The van der Waals surface area contributed by atoms with Crippen molar-refractivity contribution in [3.63, 3.8) is 0 Å². The molecule has 0 saturated heterocycles. The Labute approximate surface area is 160 Å². The van der Waals surface area contributed by atoms with Crippen LogP contribution in [0.4, 0.5) is 18.9 Å². The Morgan fingerprint density at radius 1 is 1.15 bits per heavy atom. The summed E-state index contributed by atoms with van der Waals surface area (Å²) in [7, 11) is 0. The monoisotopic (exact) mass is 439 g/mol. The molecular formula is C17H13BrF3N5O. The first-order chi connectivity index (χ1) is 12.7. The zero-order chi connectivity index (χ0) is 19.8. The normalized spacial score (nSPS) is 11.5. The molecule has 0 radical (unpaired) electrons. The lowest BCUT2D eigenvalue weighted by atomic mass is 10.2. The molecule has 3 heterocycles. The van der Waals surface area contributed by atoms with E-state index in [4.69, 9.17) is 0 Å². The molecule has 10 heteroatoms. The maximum absolute atomic E-state index is 12.7. The Hall–Kier alpha value is -2.75. The van der Waals surface area contributed by atoms with Gasteiger partial charge >= 0.3 is 6.18 Å². The summed E-state index contributed by atoms with van der Waals surface area (Å²) in [6, 6.07) is 5.53. The number of aryl methyl sites for hydroxylation is 1. The molecule has 0 aliphatic rings. The van der Waals surface area contributed by atoms with Crippen LogP contribution in [-0.4, -0.2) is 25.7 Å². The van der Waals surface area contributed by atoms with Gasteiger partial charge in [-0.15, -0.1) is 0 Å². The molecule has 6 nitrogen and oxygen atoms in total. The fraction of sp³-hybridized carbons (Fsp3) is 0.176. The van der Waals surface area contributed by atoms with Crippen molar-refractivity contribution < 1.29 is 18.0 Å². The molecule has 1 amide bonds. The predicted octanol–water partition coefficient (Wildman–Crippen LogP) is 4.31. The van der Waals surface area contributed by atoms with E-state index in [9.17, 15) is 18.0 Å². The first-order valence-corrected chi connectivity index (χ1v) is 8.49. The van der Waals surface area contributed by atoms with Crippen molar-refractivity contribution in [3.8, 4) is 5.82 Å². The summed E-state index contributed by atoms with van der Waals surface area (Å²) in [6.45, 7) is 3.39. The Bertz CT molecular complexity index is 999. The van der Waals surface area contributed by atoms with E-state index in [1.165, 1.54) is 16.9 Å². The minimum Gasteiger partial charge on any atom is -0.320 e. The van der Waals surface area contributed by atoms with Crippen molar-refractivity contribution >= 4 is 27.5 Å². The minimum atomic E-state index is -4.47. The fourth-order valence-electron chi connectivity index (χ4n) is 2.39. The third-order valence-electron chi connectivity index (χ3n) is 3.85. The number of hydrogen-bond donors (Lipinski definition) is 1. The average Bonchev–Trinajstić information content (AvgIpc) is 2.98. The summed E-state index contributed by atoms with van der Waals surface area (Å²) in [5, 5.41) is 6.81. The minimum absolute atomic E-state index is 0.182. The van der Waals surface area contributed by atoms with Crippen molar-refractivity contribution in [1.29, 1.82) is 0 Å². The number of halogens is 4. The summed E-state index contributed by atoms with van der Waals surface area (Å²) in [5.41, 5.74) is 1.05.